The third kappa shape index (κ3) is 12.8. The summed E-state index contributed by atoms with van der Waals surface area (Å²) >= 11 is 0. The Bertz CT molecular complexity index is 3080. The number of hydrogen-bond donors (Lipinski definition) is 11. The molecule has 19 nitrogen and oxygen atoms in total. The summed E-state index contributed by atoms with van der Waals surface area (Å²) in [7, 11) is -3.39. The van der Waals surface area contributed by atoms with Crippen molar-refractivity contribution in [3.05, 3.63) is 176 Å². The van der Waals surface area contributed by atoms with Gasteiger partial charge in [-0.15, -0.1) is 0 Å². The number of aliphatic imine (C=N–C) groups is 3. The number of rotatable bonds is 21. The Morgan fingerprint density at radius 3 is 1.73 bits per heavy atom. The van der Waals surface area contributed by atoms with Crippen molar-refractivity contribution >= 4 is 66.1 Å². The molecule has 0 radical (unpaired) electrons. The van der Waals surface area contributed by atoms with E-state index in [0.717, 1.165) is 11.1 Å². The van der Waals surface area contributed by atoms with Crippen LogP contribution in [-0.4, -0.2) is 115 Å². The minimum absolute atomic E-state index is 0.0641. The first kappa shape index (κ1) is 55.0. The monoisotopic (exact) mass is 1020 g/mol. The molecule has 5 heterocycles. The molecule has 3 atom stereocenters. The molecular formula is C54H59B2N7O12. The molecule has 3 unspecified atom stereocenters. The van der Waals surface area contributed by atoms with Crippen molar-refractivity contribution in [2.24, 2.45) is 15.0 Å². The predicted molar refractivity (Wildman–Crippen MR) is 285 cm³/mol. The number of nitrogens with zero attached hydrogens (tertiary/aromatic N) is 3. The molecule has 0 aromatic heterocycles. The fraction of sp³-hybridized carbons (Fsp3) is 0.278. The van der Waals surface area contributed by atoms with Gasteiger partial charge in [-0.25, -0.2) is 24.6 Å². The van der Waals surface area contributed by atoms with Crippen LogP contribution in [0.1, 0.15) is 71.4 Å². The van der Waals surface area contributed by atoms with Gasteiger partial charge < -0.3 is 51.4 Å². The van der Waals surface area contributed by atoms with Crippen LogP contribution in [0.3, 0.4) is 0 Å². The molecule has 5 aliphatic rings. The second kappa shape index (κ2) is 23.6. The molecule has 0 saturated carbocycles. The van der Waals surface area contributed by atoms with E-state index < -0.39 is 55.7 Å². The van der Waals surface area contributed by atoms with Crippen molar-refractivity contribution in [2.75, 3.05) is 6.61 Å². The zero-order valence-corrected chi connectivity index (χ0v) is 42.1. The average Bonchev–Trinajstić information content (AvgIpc) is 4.01. The molecule has 0 aliphatic carbocycles. The largest absolute Gasteiger partial charge is 0.488 e. The van der Waals surface area contributed by atoms with Crippen LogP contribution in [0.15, 0.2) is 180 Å². The summed E-state index contributed by atoms with van der Waals surface area (Å²) in [5, 5.41) is 79.2. The number of nitrogens with one attached hydrogen (secondary N) is 4. The topological polar surface area (TPSA) is 304 Å². The Morgan fingerprint density at radius 1 is 0.707 bits per heavy atom. The number of carbonyl (C=O) groups is 4. The number of carboxylic acids is 2. The fourth-order valence-corrected chi connectivity index (χ4v) is 9.12. The molecule has 0 fully saturated rings. The molecule has 388 valence electrons. The number of amides is 2. The van der Waals surface area contributed by atoms with Crippen LogP contribution in [0, 0.1) is 0 Å². The Balaban J connectivity index is 1.26. The van der Waals surface area contributed by atoms with Crippen molar-refractivity contribution in [3.63, 3.8) is 0 Å². The normalized spacial score (nSPS) is 18.9. The minimum Gasteiger partial charge on any atom is -0.480 e. The van der Waals surface area contributed by atoms with Crippen LogP contribution < -0.4 is 32.4 Å². The smallest absolute Gasteiger partial charge is 0.480 e. The van der Waals surface area contributed by atoms with Crippen LogP contribution in [-0.2, 0) is 36.9 Å². The van der Waals surface area contributed by atoms with Crippen molar-refractivity contribution in [1.82, 2.24) is 21.4 Å². The van der Waals surface area contributed by atoms with Crippen molar-refractivity contribution in [3.8, 4) is 0 Å². The van der Waals surface area contributed by atoms with E-state index in [9.17, 15) is 54.6 Å². The third-order valence-corrected chi connectivity index (χ3v) is 13.5. The fourth-order valence-electron chi connectivity index (χ4n) is 9.12. The summed E-state index contributed by atoms with van der Waals surface area (Å²) in [6.07, 6.45) is 11.8. The number of benzene rings is 2. The van der Waals surface area contributed by atoms with E-state index in [1.54, 1.807) is 67.8 Å². The highest BCUT2D eigenvalue weighted by Crippen LogP contribution is 2.40. The zero-order valence-electron chi connectivity index (χ0n) is 42.1. The van der Waals surface area contributed by atoms with Gasteiger partial charge in [0.25, 0.3) is 0 Å². The lowest BCUT2D eigenvalue weighted by Gasteiger charge is -2.21. The Labute approximate surface area is 434 Å². The minimum atomic E-state index is -1.70. The number of allylic oxidation sites excluding steroid dienone is 11. The van der Waals surface area contributed by atoms with E-state index in [4.69, 9.17) is 19.8 Å². The average molecular weight is 1020 g/mol. The number of fused-ring (bicyclic) bond motifs is 5. The first-order valence-corrected chi connectivity index (χ1v) is 24.3. The van der Waals surface area contributed by atoms with E-state index in [1.807, 2.05) is 33.8 Å². The summed E-state index contributed by atoms with van der Waals surface area (Å²) < 4.78 is 0. The standard InChI is InChI=1S/C54H59B2N7O12/c1-7-36-29(3)40-25-41-30(4)37(17-19-50(64)62-47(52(66)67)23-32-9-13-34(14-10-32)55(71)72)43(58-41)27-44-38(18-20-51(65)63-48(53(68)69)24-33-11-15-35(16-12-33)56(73)74)31(5)42(59-44)26-46-39(21-22-57-75-8-2)54(6,70)49(61-46)28-45(36)60-40/h7,9-16,21-22,25-28,47-48,57,61,70-74H,1,8,17-20,23-24H2,2-6H3,(H,62,64)(H,63,65)(H,66,67)(H,68,69)/b22-21+,40-25?,42-26?,43-27?,49-28?. The number of aliphatic hydroxyl groups is 1. The first-order chi connectivity index (χ1) is 35.7. The summed E-state index contributed by atoms with van der Waals surface area (Å²) in [5.41, 5.74) is 11.3. The molecule has 0 spiro atoms. The van der Waals surface area contributed by atoms with Crippen LogP contribution in [0.2, 0.25) is 0 Å². The molecule has 75 heavy (non-hydrogen) atoms. The van der Waals surface area contributed by atoms with E-state index in [1.165, 1.54) is 24.3 Å². The van der Waals surface area contributed by atoms with Crippen LogP contribution in [0.4, 0.5) is 0 Å². The second-order valence-corrected chi connectivity index (χ2v) is 18.6. The maximum atomic E-state index is 13.7. The molecule has 2 amide bonds. The lowest BCUT2D eigenvalue weighted by atomic mass is 9.80. The Hall–Kier alpha value is -7.78. The quantitative estimate of drug-likeness (QED) is 0.0486. The Morgan fingerprint density at radius 2 is 1.21 bits per heavy atom. The van der Waals surface area contributed by atoms with Gasteiger partial charge in [-0.3, -0.25) is 19.9 Å². The molecule has 0 saturated heterocycles. The summed E-state index contributed by atoms with van der Waals surface area (Å²) in [4.78, 5) is 72.7. The number of hydroxylamine groups is 1. The van der Waals surface area contributed by atoms with Crippen LogP contribution in [0.5, 0.6) is 0 Å². The third-order valence-electron chi connectivity index (χ3n) is 13.5. The first-order valence-electron chi connectivity index (χ1n) is 24.3. The lowest BCUT2D eigenvalue weighted by molar-refractivity contribution is -0.142. The number of carbonyl (C=O) groups excluding carboxylic acids is 2. The van der Waals surface area contributed by atoms with Crippen LogP contribution >= 0.6 is 0 Å². The van der Waals surface area contributed by atoms with Gasteiger partial charge >= 0.3 is 26.2 Å². The van der Waals surface area contributed by atoms with E-state index in [2.05, 4.69) is 28.0 Å². The molecule has 11 N–H and O–H groups in total. The summed E-state index contributed by atoms with van der Waals surface area (Å²) in [6.45, 7) is 13.5. The van der Waals surface area contributed by atoms with Gasteiger partial charge in [-0.05, 0) is 128 Å². The van der Waals surface area contributed by atoms with Crippen molar-refractivity contribution < 1.29 is 59.4 Å². The SMILES string of the molecule is C=CC1=C(C)C2=CC3=NC(=CC4=NC(=CC5=C(/C=C/NOCC)C(C)(O)C(=CC1=N2)N5)C(C)=C4CCC(=O)NC(Cc1ccc(B(O)O)cc1)C(=O)O)C(CCC(=O)NC(Cc1ccc(B(O)O)cc1)C(=O)O)=C3C. The van der Waals surface area contributed by atoms with E-state index >= 15 is 0 Å². The van der Waals surface area contributed by atoms with E-state index in [0.29, 0.717) is 91.2 Å². The molecular weight excluding hydrogens is 960 g/mol. The molecule has 7 rings (SSSR count). The number of hydrogen-bond acceptors (Lipinski definition) is 15. The second-order valence-electron chi connectivity index (χ2n) is 18.6. The van der Waals surface area contributed by atoms with Crippen molar-refractivity contribution in [1.29, 1.82) is 0 Å². The van der Waals surface area contributed by atoms with Gasteiger partial charge in [0.05, 0.1) is 46.5 Å². The van der Waals surface area contributed by atoms with E-state index in [-0.39, 0.29) is 49.5 Å². The maximum Gasteiger partial charge on any atom is 0.488 e. The highest BCUT2D eigenvalue weighted by molar-refractivity contribution is 6.58. The molecule has 2 aromatic carbocycles. The highest BCUT2D eigenvalue weighted by Gasteiger charge is 2.39. The van der Waals surface area contributed by atoms with Gasteiger partial charge in [-0.1, -0.05) is 61.2 Å². The van der Waals surface area contributed by atoms with Gasteiger partial charge in [0.2, 0.25) is 11.8 Å². The van der Waals surface area contributed by atoms with Crippen LogP contribution in [0.25, 0.3) is 0 Å². The number of carboxylic acid groups (broad SMARTS) is 2. The molecule has 2 aromatic rings. The van der Waals surface area contributed by atoms with Gasteiger partial charge in [0, 0.05) is 48.7 Å². The Kier molecular flexibility index (Phi) is 17.3. The lowest BCUT2D eigenvalue weighted by Crippen LogP contribution is -2.42. The molecule has 8 bridgehead atoms. The predicted octanol–water partition coefficient (Wildman–Crippen LogP) is 2.24. The summed E-state index contributed by atoms with van der Waals surface area (Å²) in [5.74, 6) is -3.61. The van der Waals surface area contributed by atoms with Gasteiger partial charge in [0.1, 0.15) is 17.7 Å². The summed E-state index contributed by atoms with van der Waals surface area (Å²) in [6, 6.07) is 9.49. The van der Waals surface area contributed by atoms with Gasteiger partial charge in [0.15, 0.2) is 0 Å². The zero-order chi connectivity index (χ0) is 54.3. The van der Waals surface area contributed by atoms with Crippen molar-refractivity contribution in [2.45, 2.75) is 90.8 Å². The highest BCUT2D eigenvalue weighted by atomic mass is 16.6. The maximum absolute atomic E-state index is 13.7. The number of aliphatic carboxylic acids is 2. The molecule has 5 aliphatic heterocycles. The van der Waals surface area contributed by atoms with Gasteiger partial charge in [-0.2, -0.15) is 0 Å². The molecule has 21 heteroatoms.